The SMILES string of the molecule is O=C(Nc1ccc(-c2nc3ccccc3[nH]2)cc1)Nc1ccc(-n2cnc3ccccc32)cc1. The van der Waals surface area contributed by atoms with Crippen LogP contribution in [0.4, 0.5) is 16.2 Å². The molecule has 0 spiro atoms. The second kappa shape index (κ2) is 8.22. The molecule has 0 saturated carbocycles. The van der Waals surface area contributed by atoms with Crippen molar-refractivity contribution < 1.29 is 4.79 Å². The number of carbonyl (C=O) groups excluding carboxylic acids is 1. The summed E-state index contributed by atoms with van der Waals surface area (Å²) in [5.74, 6) is 0.794. The minimum Gasteiger partial charge on any atom is -0.338 e. The number of hydrogen-bond donors (Lipinski definition) is 3. The van der Waals surface area contributed by atoms with Gasteiger partial charge in [-0.05, 0) is 72.8 Å². The number of benzene rings is 4. The van der Waals surface area contributed by atoms with E-state index in [4.69, 9.17) is 0 Å². The minimum absolute atomic E-state index is 0.308. The molecule has 6 rings (SSSR count). The number of urea groups is 1. The van der Waals surface area contributed by atoms with Gasteiger partial charge in [-0.15, -0.1) is 0 Å². The van der Waals surface area contributed by atoms with Gasteiger partial charge >= 0.3 is 6.03 Å². The summed E-state index contributed by atoms with van der Waals surface area (Å²) >= 11 is 0. The summed E-state index contributed by atoms with van der Waals surface area (Å²) in [4.78, 5) is 24.8. The minimum atomic E-state index is -0.308. The molecule has 164 valence electrons. The number of fused-ring (bicyclic) bond motifs is 2. The largest absolute Gasteiger partial charge is 0.338 e. The molecule has 2 heterocycles. The maximum atomic E-state index is 12.5. The summed E-state index contributed by atoms with van der Waals surface area (Å²) in [6, 6.07) is 30.8. The first-order chi connectivity index (χ1) is 16.7. The van der Waals surface area contributed by atoms with Gasteiger partial charge in [-0.3, -0.25) is 4.57 Å². The third-order valence-corrected chi connectivity index (χ3v) is 5.66. The van der Waals surface area contributed by atoms with E-state index in [0.717, 1.165) is 39.1 Å². The van der Waals surface area contributed by atoms with Crippen molar-refractivity contribution in [2.24, 2.45) is 0 Å². The lowest BCUT2D eigenvalue weighted by Gasteiger charge is -2.09. The number of rotatable bonds is 4. The number of nitrogens with zero attached hydrogens (tertiary/aromatic N) is 3. The number of para-hydroxylation sites is 4. The van der Waals surface area contributed by atoms with Crippen molar-refractivity contribution in [3.8, 4) is 17.1 Å². The Bertz CT molecular complexity index is 1580. The fourth-order valence-corrected chi connectivity index (χ4v) is 3.96. The average Bonchev–Trinajstić information content (AvgIpc) is 3.50. The van der Waals surface area contributed by atoms with Crippen LogP contribution in [0.5, 0.6) is 0 Å². The van der Waals surface area contributed by atoms with E-state index in [9.17, 15) is 4.79 Å². The number of hydrogen-bond acceptors (Lipinski definition) is 3. The number of carbonyl (C=O) groups is 1. The predicted molar refractivity (Wildman–Crippen MR) is 135 cm³/mol. The number of imidazole rings is 2. The van der Waals surface area contributed by atoms with Gasteiger partial charge in [0.05, 0.1) is 22.1 Å². The summed E-state index contributed by atoms with van der Waals surface area (Å²) in [7, 11) is 0. The Balaban J connectivity index is 1.12. The van der Waals surface area contributed by atoms with Crippen molar-refractivity contribution in [3.63, 3.8) is 0 Å². The molecule has 0 radical (unpaired) electrons. The van der Waals surface area contributed by atoms with E-state index >= 15 is 0 Å². The molecule has 4 aromatic carbocycles. The van der Waals surface area contributed by atoms with E-state index in [1.54, 1.807) is 6.33 Å². The van der Waals surface area contributed by atoms with Gasteiger partial charge in [-0.2, -0.15) is 0 Å². The molecule has 2 aromatic heterocycles. The van der Waals surface area contributed by atoms with Crippen molar-refractivity contribution in [3.05, 3.63) is 103 Å². The van der Waals surface area contributed by atoms with Gasteiger partial charge in [0.2, 0.25) is 0 Å². The van der Waals surface area contributed by atoms with Gasteiger partial charge in [-0.1, -0.05) is 24.3 Å². The zero-order valence-corrected chi connectivity index (χ0v) is 18.1. The Morgan fingerprint density at radius 1 is 0.735 bits per heavy atom. The molecule has 0 aliphatic rings. The van der Waals surface area contributed by atoms with Gasteiger partial charge in [0, 0.05) is 22.6 Å². The van der Waals surface area contributed by atoms with Crippen LogP contribution < -0.4 is 10.6 Å². The number of amides is 2. The molecule has 2 amide bonds. The Hall–Kier alpha value is -4.91. The number of H-pyrrole nitrogens is 1. The third kappa shape index (κ3) is 3.75. The highest BCUT2D eigenvalue weighted by Gasteiger charge is 2.08. The number of nitrogens with one attached hydrogen (secondary N) is 3. The highest BCUT2D eigenvalue weighted by Crippen LogP contribution is 2.23. The maximum absolute atomic E-state index is 12.5. The lowest BCUT2D eigenvalue weighted by atomic mass is 10.2. The molecule has 6 aromatic rings. The molecule has 0 atom stereocenters. The van der Waals surface area contributed by atoms with E-state index in [1.807, 2.05) is 102 Å². The third-order valence-electron chi connectivity index (χ3n) is 5.66. The molecule has 34 heavy (non-hydrogen) atoms. The van der Waals surface area contributed by atoms with Crippen LogP contribution in [0.25, 0.3) is 39.1 Å². The van der Waals surface area contributed by atoms with E-state index in [0.29, 0.717) is 11.4 Å². The smallest absolute Gasteiger partial charge is 0.323 e. The Labute approximate surface area is 195 Å². The molecule has 0 fully saturated rings. The van der Waals surface area contributed by atoms with Gasteiger partial charge in [-0.25, -0.2) is 14.8 Å². The normalized spacial score (nSPS) is 11.1. The van der Waals surface area contributed by atoms with Crippen LogP contribution in [0.1, 0.15) is 0 Å². The Kier molecular flexibility index (Phi) is 4.77. The van der Waals surface area contributed by atoms with Gasteiger partial charge < -0.3 is 15.6 Å². The number of aromatic amines is 1. The van der Waals surface area contributed by atoms with Crippen molar-refractivity contribution in [1.82, 2.24) is 19.5 Å². The first-order valence-corrected chi connectivity index (χ1v) is 10.9. The van der Waals surface area contributed by atoms with Crippen LogP contribution in [0, 0.1) is 0 Å². The summed E-state index contributed by atoms with van der Waals surface area (Å²) in [6.07, 6.45) is 1.80. The molecule has 0 aliphatic heterocycles. The molecule has 0 saturated heterocycles. The van der Waals surface area contributed by atoms with Crippen molar-refractivity contribution in [2.45, 2.75) is 0 Å². The van der Waals surface area contributed by atoms with E-state index in [1.165, 1.54) is 0 Å². The van der Waals surface area contributed by atoms with Crippen LogP contribution in [0.15, 0.2) is 103 Å². The molecular formula is C27H20N6O. The summed E-state index contributed by atoms with van der Waals surface area (Å²) in [5, 5.41) is 5.74. The van der Waals surface area contributed by atoms with Crippen LogP contribution in [0.3, 0.4) is 0 Å². The van der Waals surface area contributed by atoms with E-state index in [2.05, 4.69) is 25.6 Å². The van der Waals surface area contributed by atoms with Crippen molar-refractivity contribution in [1.29, 1.82) is 0 Å². The fraction of sp³-hybridized carbons (Fsp3) is 0. The van der Waals surface area contributed by atoms with E-state index < -0.39 is 0 Å². The Morgan fingerprint density at radius 2 is 1.38 bits per heavy atom. The zero-order chi connectivity index (χ0) is 22.9. The second-order valence-electron chi connectivity index (χ2n) is 7.91. The quantitative estimate of drug-likeness (QED) is 0.302. The first kappa shape index (κ1) is 19.8. The molecule has 0 aliphatic carbocycles. The standard InChI is InChI=1S/C27H20N6O/c34-27(29-19-11-9-18(10-12-19)26-31-22-5-1-2-6-23(22)32-26)30-20-13-15-21(16-14-20)33-17-28-24-7-3-4-8-25(24)33/h1-17H,(H,31,32)(H2,29,30,34). The van der Waals surface area contributed by atoms with Crippen LogP contribution in [-0.4, -0.2) is 25.6 Å². The van der Waals surface area contributed by atoms with Gasteiger partial charge in [0.1, 0.15) is 12.2 Å². The van der Waals surface area contributed by atoms with Crippen LogP contribution >= 0.6 is 0 Å². The monoisotopic (exact) mass is 444 g/mol. The summed E-state index contributed by atoms with van der Waals surface area (Å²) in [6.45, 7) is 0. The highest BCUT2D eigenvalue weighted by atomic mass is 16.2. The lowest BCUT2D eigenvalue weighted by Crippen LogP contribution is -2.19. The highest BCUT2D eigenvalue weighted by molar-refractivity contribution is 6.00. The number of aromatic nitrogens is 4. The molecule has 3 N–H and O–H groups in total. The van der Waals surface area contributed by atoms with Crippen molar-refractivity contribution in [2.75, 3.05) is 10.6 Å². The summed E-state index contributed by atoms with van der Waals surface area (Å²) < 4.78 is 2.02. The van der Waals surface area contributed by atoms with Crippen molar-refractivity contribution >= 4 is 39.5 Å². The van der Waals surface area contributed by atoms with Gasteiger partial charge in [0.15, 0.2) is 0 Å². The predicted octanol–water partition coefficient (Wildman–Crippen LogP) is 6.21. The first-order valence-electron chi connectivity index (χ1n) is 10.9. The molecule has 7 heteroatoms. The Morgan fingerprint density at radius 3 is 2.12 bits per heavy atom. The molecule has 7 nitrogen and oxygen atoms in total. The fourth-order valence-electron chi connectivity index (χ4n) is 3.96. The van der Waals surface area contributed by atoms with E-state index in [-0.39, 0.29) is 6.03 Å². The molecule has 0 unspecified atom stereocenters. The zero-order valence-electron chi connectivity index (χ0n) is 18.1. The average molecular weight is 444 g/mol. The molecular weight excluding hydrogens is 424 g/mol. The maximum Gasteiger partial charge on any atom is 0.323 e. The lowest BCUT2D eigenvalue weighted by molar-refractivity contribution is 0.262. The molecule has 0 bridgehead atoms. The number of anilines is 2. The summed E-state index contributed by atoms with van der Waals surface area (Å²) in [5.41, 5.74) is 7.20. The van der Waals surface area contributed by atoms with Gasteiger partial charge in [0.25, 0.3) is 0 Å². The topological polar surface area (TPSA) is 87.6 Å². The van der Waals surface area contributed by atoms with Crippen LogP contribution in [-0.2, 0) is 0 Å². The van der Waals surface area contributed by atoms with Crippen LogP contribution in [0.2, 0.25) is 0 Å². The second-order valence-corrected chi connectivity index (χ2v) is 7.91.